The van der Waals surface area contributed by atoms with Crippen LogP contribution in [0.5, 0.6) is 11.5 Å². The number of rotatable bonds is 6. The number of carbonyl (C=O) groups is 1. The van der Waals surface area contributed by atoms with Crippen molar-refractivity contribution < 1.29 is 14.6 Å². The Morgan fingerprint density at radius 3 is 2.84 bits per heavy atom. The fourth-order valence-corrected chi connectivity index (χ4v) is 1.76. The first kappa shape index (κ1) is 13.7. The Hall–Kier alpha value is -1.75. The van der Waals surface area contributed by atoms with Crippen LogP contribution in [0.1, 0.15) is 25.3 Å². The number of phenolic OH excluding ortho intramolecular Hbond substituents is 1. The summed E-state index contributed by atoms with van der Waals surface area (Å²) in [5, 5.41) is 15.7. The number of aromatic hydroxyl groups is 1. The Morgan fingerprint density at radius 1 is 1.53 bits per heavy atom. The third-order valence-electron chi connectivity index (χ3n) is 3.17. The molecule has 0 spiro atoms. The lowest BCUT2D eigenvalue weighted by atomic mass is 10.2. The Balaban J connectivity index is 1.83. The summed E-state index contributed by atoms with van der Waals surface area (Å²) < 4.78 is 4.98. The first-order valence-electron chi connectivity index (χ1n) is 6.50. The minimum atomic E-state index is -0.246. The number of hydrogen-bond acceptors (Lipinski definition) is 4. The van der Waals surface area contributed by atoms with Gasteiger partial charge in [-0.15, -0.1) is 0 Å². The molecule has 19 heavy (non-hydrogen) atoms. The first-order chi connectivity index (χ1) is 9.10. The highest BCUT2D eigenvalue weighted by atomic mass is 16.5. The molecule has 0 aromatic heterocycles. The van der Waals surface area contributed by atoms with E-state index in [-0.39, 0.29) is 17.7 Å². The second-order valence-corrected chi connectivity index (χ2v) is 4.89. The molecule has 1 atom stereocenters. The van der Waals surface area contributed by atoms with Gasteiger partial charge in [0, 0.05) is 12.6 Å². The summed E-state index contributed by atoms with van der Waals surface area (Å²) >= 11 is 0. The molecule has 104 valence electrons. The topological polar surface area (TPSA) is 70.6 Å². The summed E-state index contributed by atoms with van der Waals surface area (Å²) in [6.45, 7) is 2.36. The molecule has 1 unspecified atom stereocenters. The van der Waals surface area contributed by atoms with E-state index in [4.69, 9.17) is 4.74 Å². The lowest BCUT2D eigenvalue weighted by Gasteiger charge is -2.14. The molecule has 1 aliphatic carbocycles. The zero-order chi connectivity index (χ0) is 13.8. The maximum atomic E-state index is 11.7. The molecule has 5 heteroatoms. The summed E-state index contributed by atoms with van der Waals surface area (Å²) in [5.41, 5.74) is 0.907. The van der Waals surface area contributed by atoms with Crippen LogP contribution in [0, 0.1) is 0 Å². The first-order valence-corrected chi connectivity index (χ1v) is 6.50. The van der Waals surface area contributed by atoms with Gasteiger partial charge >= 0.3 is 0 Å². The van der Waals surface area contributed by atoms with Gasteiger partial charge in [-0.1, -0.05) is 6.07 Å². The maximum absolute atomic E-state index is 11.7. The monoisotopic (exact) mass is 264 g/mol. The van der Waals surface area contributed by atoms with Crippen LogP contribution in [0.2, 0.25) is 0 Å². The minimum Gasteiger partial charge on any atom is -0.504 e. The van der Waals surface area contributed by atoms with Gasteiger partial charge in [0.25, 0.3) is 0 Å². The number of hydrogen-bond donors (Lipinski definition) is 3. The molecule has 2 rings (SSSR count). The van der Waals surface area contributed by atoms with Crippen LogP contribution < -0.4 is 15.4 Å². The number of ether oxygens (including phenoxy) is 1. The number of amides is 1. The third-order valence-corrected chi connectivity index (χ3v) is 3.17. The Labute approximate surface area is 113 Å². The standard InChI is InChI=1S/C14H20N2O3/c1-9(14(18)16-11-4-5-11)15-8-10-3-6-13(19-2)12(17)7-10/h3,6-7,9,11,15,17H,4-5,8H2,1-2H3,(H,16,18). The van der Waals surface area contributed by atoms with E-state index in [0.29, 0.717) is 18.3 Å². The van der Waals surface area contributed by atoms with Crippen LogP contribution in [0.4, 0.5) is 0 Å². The van der Waals surface area contributed by atoms with Crippen LogP contribution in [0.25, 0.3) is 0 Å². The van der Waals surface area contributed by atoms with E-state index in [0.717, 1.165) is 18.4 Å². The summed E-state index contributed by atoms with van der Waals surface area (Å²) in [6, 6.07) is 5.34. The van der Waals surface area contributed by atoms with E-state index in [9.17, 15) is 9.90 Å². The highest BCUT2D eigenvalue weighted by Crippen LogP contribution is 2.26. The molecular weight excluding hydrogens is 244 g/mol. The van der Waals surface area contributed by atoms with Crippen LogP contribution in [0.3, 0.4) is 0 Å². The van der Waals surface area contributed by atoms with Gasteiger partial charge in [-0.3, -0.25) is 4.79 Å². The van der Waals surface area contributed by atoms with Crippen molar-refractivity contribution in [3.63, 3.8) is 0 Å². The fraction of sp³-hybridized carbons (Fsp3) is 0.500. The second kappa shape index (κ2) is 5.93. The molecular formula is C14H20N2O3. The zero-order valence-electron chi connectivity index (χ0n) is 11.3. The molecule has 5 nitrogen and oxygen atoms in total. The SMILES string of the molecule is COc1ccc(CNC(C)C(=O)NC2CC2)cc1O. The van der Waals surface area contributed by atoms with Gasteiger partial charge in [0.1, 0.15) is 0 Å². The quantitative estimate of drug-likeness (QED) is 0.721. The predicted molar refractivity (Wildman–Crippen MR) is 72.1 cm³/mol. The van der Waals surface area contributed by atoms with Crippen molar-refractivity contribution in [2.45, 2.75) is 38.4 Å². The van der Waals surface area contributed by atoms with Gasteiger partial charge in [-0.2, -0.15) is 0 Å². The van der Waals surface area contributed by atoms with Crippen molar-refractivity contribution >= 4 is 5.91 Å². The molecule has 1 aromatic rings. The lowest BCUT2D eigenvalue weighted by Crippen LogP contribution is -2.42. The third kappa shape index (κ3) is 3.86. The molecule has 1 saturated carbocycles. The minimum absolute atomic E-state index is 0.0280. The summed E-state index contributed by atoms with van der Waals surface area (Å²) in [7, 11) is 1.51. The van der Waals surface area contributed by atoms with Crippen LogP contribution in [-0.2, 0) is 11.3 Å². The number of carbonyl (C=O) groups excluding carboxylic acids is 1. The molecule has 1 aliphatic rings. The molecule has 0 heterocycles. The normalized spacial score (nSPS) is 15.9. The van der Waals surface area contributed by atoms with Crippen molar-refractivity contribution in [1.82, 2.24) is 10.6 Å². The molecule has 1 aromatic carbocycles. The number of phenols is 1. The van der Waals surface area contributed by atoms with Crippen molar-refractivity contribution in [3.8, 4) is 11.5 Å². The predicted octanol–water partition coefficient (Wildman–Crippen LogP) is 1.16. The summed E-state index contributed by atoms with van der Waals surface area (Å²) in [4.78, 5) is 11.7. The zero-order valence-corrected chi connectivity index (χ0v) is 11.3. The van der Waals surface area contributed by atoms with Gasteiger partial charge < -0.3 is 20.5 Å². The molecule has 0 saturated heterocycles. The van der Waals surface area contributed by atoms with Gasteiger partial charge in [-0.05, 0) is 37.5 Å². The maximum Gasteiger partial charge on any atom is 0.237 e. The summed E-state index contributed by atoms with van der Waals surface area (Å²) in [6.07, 6.45) is 2.18. The molecule has 1 fully saturated rings. The number of nitrogens with one attached hydrogen (secondary N) is 2. The Kier molecular flexibility index (Phi) is 4.27. The fourth-order valence-electron chi connectivity index (χ4n) is 1.76. The van der Waals surface area contributed by atoms with E-state index in [2.05, 4.69) is 10.6 Å². The highest BCUT2D eigenvalue weighted by Gasteiger charge is 2.25. The molecule has 0 aliphatic heterocycles. The highest BCUT2D eigenvalue weighted by molar-refractivity contribution is 5.81. The van der Waals surface area contributed by atoms with Gasteiger partial charge in [-0.25, -0.2) is 0 Å². The van der Waals surface area contributed by atoms with E-state index in [1.54, 1.807) is 12.1 Å². The van der Waals surface area contributed by atoms with Crippen LogP contribution in [0.15, 0.2) is 18.2 Å². The Morgan fingerprint density at radius 2 is 2.26 bits per heavy atom. The number of benzene rings is 1. The van der Waals surface area contributed by atoms with Gasteiger partial charge in [0.2, 0.25) is 5.91 Å². The van der Waals surface area contributed by atoms with Gasteiger partial charge in [0.05, 0.1) is 13.2 Å². The second-order valence-electron chi connectivity index (χ2n) is 4.89. The molecule has 0 bridgehead atoms. The van der Waals surface area contributed by atoms with Crippen LogP contribution >= 0.6 is 0 Å². The van der Waals surface area contributed by atoms with Crippen molar-refractivity contribution in [2.24, 2.45) is 0 Å². The van der Waals surface area contributed by atoms with Crippen molar-refractivity contribution in [3.05, 3.63) is 23.8 Å². The van der Waals surface area contributed by atoms with Crippen molar-refractivity contribution in [2.75, 3.05) is 7.11 Å². The smallest absolute Gasteiger partial charge is 0.237 e. The van der Waals surface area contributed by atoms with Crippen molar-refractivity contribution in [1.29, 1.82) is 0 Å². The van der Waals surface area contributed by atoms with Gasteiger partial charge in [0.15, 0.2) is 11.5 Å². The summed E-state index contributed by atoms with van der Waals surface area (Å²) in [5.74, 6) is 0.584. The average molecular weight is 264 g/mol. The van der Waals surface area contributed by atoms with E-state index >= 15 is 0 Å². The largest absolute Gasteiger partial charge is 0.504 e. The molecule has 0 radical (unpaired) electrons. The molecule has 3 N–H and O–H groups in total. The van der Waals surface area contributed by atoms with E-state index in [1.165, 1.54) is 7.11 Å². The number of methoxy groups -OCH3 is 1. The van der Waals surface area contributed by atoms with E-state index < -0.39 is 0 Å². The van der Waals surface area contributed by atoms with E-state index in [1.807, 2.05) is 13.0 Å². The molecule has 1 amide bonds. The Bertz CT molecular complexity index is 458. The van der Waals surface area contributed by atoms with Crippen LogP contribution in [-0.4, -0.2) is 30.2 Å². The lowest BCUT2D eigenvalue weighted by molar-refractivity contribution is -0.122. The average Bonchev–Trinajstić information content (AvgIpc) is 3.20.